The van der Waals surface area contributed by atoms with Crippen LogP contribution in [0, 0.1) is 6.92 Å². The molecule has 0 aromatic heterocycles. The Balaban J connectivity index is 2.61. The van der Waals surface area contributed by atoms with Crippen LogP contribution in [0.4, 0.5) is 5.69 Å². The highest BCUT2D eigenvalue weighted by molar-refractivity contribution is 5.89. The minimum atomic E-state index is 0.887. The highest BCUT2D eigenvalue weighted by atomic mass is 14.7. The maximum absolute atomic E-state index is 4.41. The zero-order chi connectivity index (χ0) is 10.1. The molecule has 0 unspecified atom stereocenters. The van der Waals surface area contributed by atoms with Crippen LogP contribution in [-0.4, -0.2) is 6.21 Å². The zero-order valence-corrected chi connectivity index (χ0v) is 8.80. The number of allylic oxidation sites excluding steroid dienone is 1. The summed E-state index contributed by atoms with van der Waals surface area (Å²) >= 11 is 0. The first kappa shape index (κ1) is 9.20. The summed E-state index contributed by atoms with van der Waals surface area (Å²) in [5, 5.41) is 0. The first-order chi connectivity index (χ1) is 6.72. The lowest BCUT2D eigenvalue weighted by atomic mass is 9.95. The van der Waals surface area contributed by atoms with E-state index in [1.54, 1.807) is 0 Å². The van der Waals surface area contributed by atoms with Gasteiger partial charge >= 0.3 is 0 Å². The summed E-state index contributed by atoms with van der Waals surface area (Å²) in [7, 11) is 0. The molecule has 0 saturated heterocycles. The van der Waals surface area contributed by atoms with Gasteiger partial charge in [0.1, 0.15) is 0 Å². The molecule has 0 amide bonds. The van der Waals surface area contributed by atoms with Gasteiger partial charge in [-0.25, -0.2) is 0 Å². The fourth-order valence-electron chi connectivity index (χ4n) is 1.87. The SMILES string of the molecule is C=C1CC=Nc2cc(CC)c(C)cc21. The Kier molecular flexibility index (Phi) is 2.24. The number of hydrogen-bond acceptors (Lipinski definition) is 1. The van der Waals surface area contributed by atoms with Crippen molar-refractivity contribution in [3.63, 3.8) is 0 Å². The standard InChI is InChI=1S/C13H15N/c1-4-11-8-13-12(7-10(11)3)9(2)5-6-14-13/h6-8H,2,4-5H2,1,3H3. The molecule has 2 rings (SSSR count). The Morgan fingerprint density at radius 1 is 1.43 bits per heavy atom. The van der Waals surface area contributed by atoms with Crippen molar-refractivity contribution in [3.05, 3.63) is 35.4 Å². The quantitative estimate of drug-likeness (QED) is 0.633. The Morgan fingerprint density at radius 2 is 2.21 bits per heavy atom. The minimum Gasteiger partial charge on any atom is -0.260 e. The molecule has 0 atom stereocenters. The number of nitrogens with zero attached hydrogens (tertiary/aromatic N) is 1. The van der Waals surface area contributed by atoms with Gasteiger partial charge in [-0.3, -0.25) is 4.99 Å². The molecule has 0 N–H and O–H groups in total. The van der Waals surface area contributed by atoms with Gasteiger partial charge in [-0.15, -0.1) is 0 Å². The van der Waals surface area contributed by atoms with Gasteiger partial charge < -0.3 is 0 Å². The lowest BCUT2D eigenvalue weighted by molar-refractivity contribution is 1.10. The molecule has 1 heterocycles. The van der Waals surface area contributed by atoms with Crippen LogP contribution in [0.5, 0.6) is 0 Å². The van der Waals surface area contributed by atoms with Crippen LogP contribution >= 0.6 is 0 Å². The monoisotopic (exact) mass is 185 g/mol. The average Bonchev–Trinajstić information content (AvgIpc) is 2.19. The van der Waals surface area contributed by atoms with Crippen LogP contribution in [0.2, 0.25) is 0 Å². The van der Waals surface area contributed by atoms with Gasteiger partial charge in [-0.2, -0.15) is 0 Å². The second-order valence-electron chi connectivity index (χ2n) is 3.77. The fraction of sp³-hybridized carbons (Fsp3) is 0.308. The molecule has 0 bridgehead atoms. The van der Waals surface area contributed by atoms with Crippen molar-refractivity contribution in [3.8, 4) is 0 Å². The van der Waals surface area contributed by atoms with E-state index in [2.05, 4.69) is 37.6 Å². The maximum Gasteiger partial charge on any atom is 0.0703 e. The second-order valence-corrected chi connectivity index (χ2v) is 3.77. The van der Waals surface area contributed by atoms with Crippen LogP contribution < -0.4 is 0 Å². The molecule has 0 aliphatic carbocycles. The van der Waals surface area contributed by atoms with Crippen molar-refractivity contribution >= 4 is 17.5 Å². The van der Waals surface area contributed by atoms with Crippen molar-refractivity contribution in [1.29, 1.82) is 0 Å². The number of fused-ring (bicyclic) bond motifs is 1. The fourth-order valence-corrected chi connectivity index (χ4v) is 1.87. The van der Waals surface area contributed by atoms with E-state index >= 15 is 0 Å². The molecule has 0 radical (unpaired) electrons. The van der Waals surface area contributed by atoms with Gasteiger partial charge in [-0.05, 0) is 42.2 Å². The number of hydrogen-bond donors (Lipinski definition) is 0. The zero-order valence-electron chi connectivity index (χ0n) is 8.80. The summed E-state index contributed by atoms with van der Waals surface area (Å²) in [4.78, 5) is 4.41. The van der Waals surface area contributed by atoms with Crippen molar-refractivity contribution in [2.45, 2.75) is 26.7 Å². The van der Waals surface area contributed by atoms with Crippen LogP contribution in [0.25, 0.3) is 5.57 Å². The third-order valence-electron chi connectivity index (χ3n) is 2.78. The molecule has 72 valence electrons. The molecule has 1 nitrogen and oxygen atoms in total. The van der Waals surface area contributed by atoms with E-state index in [9.17, 15) is 0 Å². The predicted octanol–water partition coefficient (Wildman–Crippen LogP) is 3.68. The molecular formula is C13H15N. The van der Waals surface area contributed by atoms with Crippen molar-refractivity contribution < 1.29 is 0 Å². The summed E-state index contributed by atoms with van der Waals surface area (Å²) in [6.45, 7) is 8.39. The van der Waals surface area contributed by atoms with Gasteiger partial charge in [0.15, 0.2) is 0 Å². The summed E-state index contributed by atoms with van der Waals surface area (Å²) in [6, 6.07) is 4.40. The number of rotatable bonds is 1. The molecule has 14 heavy (non-hydrogen) atoms. The summed E-state index contributed by atoms with van der Waals surface area (Å²) in [5.74, 6) is 0. The Hall–Kier alpha value is -1.37. The molecule has 1 aromatic carbocycles. The lowest BCUT2D eigenvalue weighted by Gasteiger charge is -2.15. The predicted molar refractivity (Wildman–Crippen MR) is 62.4 cm³/mol. The molecule has 0 spiro atoms. The molecule has 1 heteroatoms. The largest absolute Gasteiger partial charge is 0.260 e. The molecular weight excluding hydrogens is 170 g/mol. The van der Waals surface area contributed by atoms with E-state index < -0.39 is 0 Å². The van der Waals surface area contributed by atoms with Gasteiger partial charge in [0, 0.05) is 18.2 Å². The van der Waals surface area contributed by atoms with Crippen LogP contribution in [-0.2, 0) is 6.42 Å². The van der Waals surface area contributed by atoms with Gasteiger partial charge in [0.05, 0.1) is 5.69 Å². The topological polar surface area (TPSA) is 12.4 Å². The normalized spacial score (nSPS) is 14.3. The van der Waals surface area contributed by atoms with Crippen molar-refractivity contribution in [1.82, 2.24) is 0 Å². The molecule has 1 aliphatic heterocycles. The molecule has 0 fully saturated rings. The van der Waals surface area contributed by atoms with Crippen LogP contribution in [0.15, 0.2) is 23.7 Å². The second kappa shape index (κ2) is 3.41. The molecule has 0 saturated carbocycles. The third kappa shape index (κ3) is 1.39. The Bertz CT molecular complexity index is 413. The summed E-state index contributed by atoms with van der Waals surface area (Å²) in [6.07, 6.45) is 3.90. The molecule has 1 aliphatic rings. The van der Waals surface area contributed by atoms with Crippen molar-refractivity contribution in [2.75, 3.05) is 0 Å². The smallest absolute Gasteiger partial charge is 0.0703 e. The number of aliphatic imine (C=N–C) groups is 1. The summed E-state index contributed by atoms with van der Waals surface area (Å²) in [5.41, 5.74) is 6.23. The van der Waals surface area contributed by atoms with Crippen molar-refractivity contribution in [2.24, 2.45) is 4.99 Å². The lowest BCUT2D eigenvalue weighted by Crippen LogP contribution is -1.96. The van der Waals surface area contributed by atoms with Gasteiger partial charge in [0.25, 0.3) is 0 Å². The van der Waals surface area contributed by atoms with E-state index in [1.807, 2.05) is 6.21 Å². The van der Waals surface area contributed by atoms with E-state index in [0.717, 1.165) is 18.5 Å². The average molecular weight is 185 g/mol. The van der Waals surface area contributed by atoms with E-state index in [0.29, 0.717) is 0 Å². The molecule has 1 aromatic rings. The highest BCUT2D eigenvalue weighted by Gasteiger charge is 2.11. The van der Waals surface area contributed by atoms with E-state index in [-0.39, 0.29) is 0 Å². The highest BCUT2D eigenvalue weighted by Crippen LogP contribution is 2.33. The minimum absolute atomic E-state index is 0.887. The Morgan fingerprint density at radius 3 is 2.93 bits per heavy atom. The van der Waals surface area contributed by atoms with E-state index in [1.165, 1.54) is 22.3 Å². The number of benzene rings is 1. The van der Waals surface area contributed by atoms with Crippen LogP contribution in [0.1, 0.15) is 30.0 Å². The maximum atomic E-state index is 4.41. The third-order valence-corrected chi connectivity index (χ3v) is 2.78. The Labute approximate surface area is 85.2 Å². The van der Waals surface area contributed by atoms with Gasteiger partial charge in [0.2, 0.25) is 0 Å². The van der Waals surface area contributed by atoms with Gasteiger partial charge in [-0.1, -0.05) is 13.5 Å². The van der Waals surface area contributed by atoms with Crippen LogP contribution in [0.3, 0.4) is 0 Å². The summed E-state index contributed by atoms with van der Waals surface area (Å²) < 4.78 is 0. The first-order valence-corrected chi connectivity index (χ1v) is 5.06. The number of aryl methyl sites for hydroxylation is 2. The van der Waals surface area contributed by atoms with E-state index in [4.69, 9.17) is 0 Å². The first-order valence-electron chi connectivity index (χ1n) is 5.06.